The van der Waals surface area contributed by atoms with Crippen LogP contribution in [0.15, 0.2) is 46.2 Å². The maximum Gasteiger partial charge on any atom is 0.291 e. The van der Waals surface area contributed by atoms with Crippen molar-refractivity contribution in [3.05, 3.63) is 46.6 Å². The molecule has 0 aliphatic heterocycles. The molecule has 0 saturated carbocycles. The minimum atomic E-state index is -2.67. The minimum absolute atomic E-state index is 0.0249. The molecule has 2 aromatic heterocycles. The molecule has 0 atom stereocenters. The van der Waals surface area contributed by atoms with Crippen molar-refractivity contribution in [3.8, 4) is 22.6 Å². The highest BCUT2D eigenvalue weighted by Crippen LogP contribution is 2.37. The summed E-state index contributed by atoms with van der Waals surface area (Å²) >= 11 is 1.48. The molecule has 1 aromatic carbocycles. The Morgan fingerprint density at radius 3 is 2.70 bits per heavy atom. The number of hydrogen-bond acceptors (Lipinski definition) is 6. The molecule has 5 nitrogen and oxygen atoms in total. The monoisotopic (exact) mass is 410 g/mol. The van der Waals surface area contributed by atoms with Crippen LogP contribution < -0.4 is 15.0 Å². The van der Waals surface area contributed by atoms with Gasteiger partial charge in [0.25, 0.3) is 11.3 Å². The molecule has 2 heterocycles. The van der Waals surface area contributed by atoms with E-state index in [1.165, 1.54) is 36.2 Å². The molecular weight excluding hydrogens is 394 g/mol. The van der Waals surface area contributed by atoms with Crippen LogP contribution in [0.1, 0.15) is 0 Å². The maximum absolute atomic E-state index is 13.0. The zero-order valence-corrected chi connectivity index (χ0v) is 16.2. The van der Waals surface area contributed by atoms with Gasteiger partial charge in [-0.05, 0) is 29.5 Å². The molecule has 27 heavy (non-hydrogen) atoms. The Labute approximate surface area is 162 Å². The van der Waals surface area contributed by atoms with Gasteiger partial charge < -0.3 is 9.47 Å². The normalized spacial score (nSPS) is 11.1. The highest BCUT2D eigenvalue weighted by atomic mass is 32.2. The fraction of sp³-hybridized carbons (Fsp3) is 0.222. The highest BCUT2D eigenvalue weighted by Gasteiger charge is 2.20. The molecule has 3 rings (SSSR count). The van der Waals surface area contributed by atoms with Crippen LogP contribution in [0.3, 0.4) is 0 Å². The van der Waals surface area contributed by atoms with Gasteiger partial charge in [-0.15, -0.1) is 17.9 Å². The Hall–Kier alpha value is -2.39. The van der Waals surface area contributed by atoms with Crippen LogP contribution in [-0.4, -0.2) is 29.5 Å². The van der Waals surface area contributed by atoms with Crippen LogP contribution in [0.5, 0.6) is 11.5 Å². The van der Waals surface area contributed by atoms with Crippen molar-refractivity contribution < 1.29 is 18.3 Å². The Kier molecular flexibility index (Phi) is 5.81. The van der Waals surface area contributed by atoms with E-state index in [9.17, 15) is 13.6 Å². The minimum Gasteiger partial charge on any atom is -0.493 e. The summed E-state index contributed by atoms with van der Waals surface area (Å²) in [4.78, 5) is 17.7. The van der Waals surface area contributed by atoms with Gasteiger partial charge in [0, 0.05) is 17.5 Å². The van der Waals surface area contributed by atoms with E-state index in [1.54, 1.807) is 17.5 Å². The number of thiophene rings is 1. The molecule has 0 unspecified atom stereocenters. The summed E-state index contributed by atoms with van der Waals surface area (Å²) in [6, 6.07) is 5.32. The average molecular weight is 410 g/mol. The third-order valence-corrected chi connectivity index (χ3v) is 5.43. The molecule has 9 heteroatoms. The van der Waals surface area contributed by atoms with Gasteiger partial charge in [0.15, 0.2) is 16.7 Å². The summed E-state index contributed by atoms with van der Waals surface area (Å²) in [5.74, 6) is -1.58. The molecule has 0 fully saturated rings. The summed E-state index contributed by atoms with van der Waals surface area (Å²) < 4.78 is 37.5. The number of alkyl halides is 2. The number of fused-ring (bicyclic) bond motifs is 1. The predicted octanol–water partition coefficient (Wildman–Crippen LogP) is 4.64. The Morgan fingerprint density at radius 2 is 2.07 bits per heavy atom. The largest absolute Gasteiger partial charge is 0.493 e. The summed E-state index contributed by atoms with van der Waals surface area (Å²) in [6.07, 6.45) is 1.48. The molecule has 0 bridgehead atoms. The topological polar surface area (TPSA) is 53.4 Å². The molecule has 0 aliphatic rings. The maximum atomic E-state index is 13.0. The highest BCUT2D eigenvalue weighted by molar-refractivity contribution is 7.99. The number of benzene rings is 1. The van der Waals surface area contributed by atoms with Crippen molar-refractivity contribution in [1.29, 1.82) is 0 Å². The quantitative estimate of drug-likeness (QED) is 0.323. The van der Waals surface area contributed by atoms with Gasteiger partial charge in [-0.25, -0.2) is 4.98 Å². The Bertz CT molecular complexity index is 1050. The number of halogens is 2. The molecule has 0 saturated heterocycles. The number of rotatable bonds is 7. The van der Waals surface area contributed by atoms with E-state index < -0.39 is 5.76 Å². The number of nitrogens with zero attached hydrogens (tertiary/aromatic N) is 2. The van der Waals surface area contributed by atoms with Gasteiger partial charge in [-0.2, -0.15) is 8.78 Å². The number of hydrogen-bond donors (Lipinski definition) is 0. The van der Waals surface area contributed by atoms with E-state index in [4.69, 9.17) is 9.47 Å². The van der Waals surface area contributed by atoms with E-state index in [1.807, 2.05) is 6.07 Å². The standard InChI is InChI=1S/C18H16F2N2O3S2/c1-4-7-22-16(23)14-11(9-26-15(14)21-18(22)27-17(19)20)10-5-6-12(24-2)13(8-10)25-3/h4-6,8-9,17H,1,7H2,2-3H3. The second-order valence-electron chi connectivity index (χ2n) is 5.38. The first-order valence-corrected chi connectivity index (χ1v) is 9.56. The van der Waals surface area contributed by atoms with Gasteiger partial charge in [0.2, 0.25) is 0 Å². The van der Waals surface area contributed by atoms with Crippen LogP contribution in [0, 0.1) is 0 Å². The molecule has 3 aromatic rings. The summed E-state index contributed by atoms with van der Waals surface area (Å²) in [5, 5.41) is 2.14. The van der Waals surface area contributed by atoms with Gasteiger partial charge in [0.1, 0.15) is 4.83 Å². The molecule has 0 spiro atoms. The van der Waals surface area contributed by atoms with Crippen LogP contribution in [0.4, 0.5) is 8.78 Å². The SMILES string of the molecule is C=CCn1c(SC(F)F)nc2scc(-c3ccc(OC)c(OC)c3)c2c1=O. The predicted molar refractivity (Wildman–Crippen MR) is 104 cm³/mol. The van der Waals surface area contributed by atoms with Crippen LogP contribution in [0.2, 0.25) is 0 Å². The first kappa shape index (κ1) is 19.4. The lowest BCUT2D eigenvalue weighted by Crippen LogP contribution is -2.22. The van der Waals surface area contributed by atoms with Crippen molar-refractivity contribution in [3.63, 3.8) is 0 Å². The van der Waals surface area contributed by atoms with E-state index in [0.29, 0.717) is 27.3 Å². The Balaban J connectivity index is 2.23. The number of ether oxygens (including phenoxy) is 2. The van der Waals surface area contributed by atoms with E-state index >= 15 is 0 Å². The first-order chi connectivity index (χ1) is 13.0. The van der Waals surface area contributed by atoms with Crippen LogP contribution in [0.25, 0.3) is 21.3 Å². The summed E-state index contributed by atoms with van der Waals surface area (Å²) in [6.45, 7) is 3.69. The van der Waals surface area contributed by atoms with Crippen molar-refractivity contribution in [1.82, 2.24) is 9.55 Å². The van der Waals surface area contributed by atoms with Gasteiger partial charge >= 0.3 is 0 Å². The zero-order chi connectivity index (χ0) is 19.6. The fourth-order valence-corrected chi connectivity index (χ4v) is 4.27. The summed E-state index contributed by atoms with van der Waals surface area (Å²) in [5.41, 5.74) is 1.03. The summed E-state index contributed by atoms with van der Waals surface area (Å²) in [7, 11) is 3.07. The second-order valence-corrected chi connectivity index (χ2v) is 7.19. The third kappa shape index (κ3) is 3.70. The number of methoxy groups -OCH3 is 2. The van der Waals surface area contributed by atoms with Crippen molar-refractivity contribution >= 4 is 33.3 Å². The number of aromatic nitrogens is 2. The molecule has 142 valence electrons. The van der Waals surface area contributed by atoms with E-state index in [-0.39, 0.29) is 29.0 Å². The molecule has 0 radical (unpaired) electrons. The average Bonchev–Trinajstić information content (AvgIpc) is 3.07. The lowest BCUT2D eigenvalue weighted by Gasteiger charge is -2.11. The molecule has 0 N–H and O–H groups in total. The third-order valence-electron chi connectivity index (χ3n) is 3.86. The molecule has 0 aliphatic carbocycles. The van der Waals surface area contributed by atoms with E-state index in [0.717, 1.165) is 5.56 Å². The lowest BCUT2D eigenvalue weighted by atomic mass is 10.1. The zero-order valence-electron chi connectivity index (χ0n) is 14.6. The first-order valence-electron chi connectivity index (χ1n) is 7.80. The lowest BCUT2D eigenvalue weighted by molar-refractivity contribution is 0.251. The number of allylic oxidation sites excluding steroid dienone is 1. The number of thioether (sulfide) groups is 1. The van der Waals surface area contributed by atoms with E-state index in [2.05, 4.69) is 11.6 Å². The molecule has 0 amide bonds. The molecular formula is C18H16F2N2O3S2. The second kappa shape index (κ2) is 8.10. The van der Waals surface area contributed by atoms with Crippen molar-refractivity contribution in [2.75, 3.05) is 14.2 Å². The van der Waals surface area contributed by atoms with Crippen LogP contribution >= 0.6 is 23.1 Å². The van der Waals surface area contributed by atoms with Gasteiger partial charge in [-0.1, -0.05) is 12.1 Å². The van der Waals surface area contributed by atoms with Crippen molar-refractivity contribution in [2.24, 2.45) is 0 Å². The van der Waals surface area contributed by atoms with Gasteiger partial charge in [0.05, 0.1) is 19.6 Å². The Morgan fingerprint density at radius 1 is 1.33 bits per heavy atom. The fourth-order valence-electron chi connectivity index (χ4n) is 2.68. The smallest absolute Gasteiger partial charge is 0.291 e. The van der Waals surface area contributed by atoms with Crippen molar-refractivity contribution in [2.45, 2.75) is 17.5 Å². The van der Waals surface area contributed by atoms with Gasteiger partial charge in [-0.3, -0.25) is 9.36 Å². The van der Waals surface area contributed by atoms with Crippen LogP contribution in [-0.2, 0) is 6.54 Å².